The van der Waals surface area contributed by atoms with Gasteiger partial charge in [-0.2, -0.15) is 0 Å². The maximum absolute atomic E-state index is 14.5. The van der Waals surface area contributed by atoms with Crippen molar-refractivity contribution in [3.8, 4) is 0 Å². The van der Waals surface area contributed by atoms with Crippen LogP contribution in [0.25, 0.3) is 0 Å². The van der Waals surface area contributed by atoms with Gasteiger partial charge < -0.3 is 58.7 Å². The van der Waals surface area contributed by atoms with Crippen LogP contribution in [-0.2, 0) is 52.3 Å². The van der Waals surface area contributed by atoms with E-state index in [9.17, 15) is 24.6 Å². The Hall–Kier alpha value is -3.25. The number of allylic oxidation sites excluding steroid dienone is 3. The van der Waals surface area contributed by atoms with Gasteiger partial charge in [0.1, 0.15) is 29.8 Å². The maximum Gasteiger partial charge on any atom is 0.316 e. The lowest BCUT2D eigenvalue weighted by Gasteiger charge is -2.53. The van der Waals surface area contributed by atoms with Crippen molar-refractivity contribution in [3.63, 3.8) is 0 Å². The molecule has 2 bridgehead atoms. The Balaban J connectivity index is 1.23. The van der Waals surface area contributed by atoms with E-state index in [1.165, 1.54) is 6.92 Å². The molecule has 15 nitrogen and oxygen atoms in total. The highest BCUT2D eigenvalue weighted by Crippen LogP contribution is 2.48. The van der Waals surface area contributed by atoms with Gasteiger partial charge in [-0.05, 0) is 77.0 Å². The Bertz CT molecular complexity index is 2030. The lowest BCUT2D eigenvalue weighted by molar-refractivity contribution is -0.300. The molecule has 0 aromatic rings. The van der Waals surface area contributed by atoms with Crippen molar-refractivity contribution >= 4 is 17.8 Å². The number of aliphatic hydroxyl groups is 2. The lowest BCUT2D eigenvalue weighted by atomic mass is 9.70. The summed E-state index contributed by atoms with van der Waals surface area (Å²) in [6, 6.07) is -0.176. The zero-order valence-electron chi connectivity index (χ0n) is 43.3. The predicted molar refractivity (Wildman–Crippen MR) is 258 cm³/mol. The SMILES string of the molecule is CCC(C)[C@H]1O[C@]2(C=C[C@@H]1C)C[C@@H]1C[C@@H](C/C=C(\C)[C@@H](C3C[C@H](OC)[C@@H](C4C[C@H](OC)[C@](NC(C)=O)(C(=O)NC(C)C)[C@H](C)O4)[C@H](C)O3)[C@@H](C)/C=C/C=C3\CO[C@@H]4[C@H](O)C(C)=C[C@@H](C(=O)O1)[C@]34O)O2. The maximum atomic E-state index is 14.5. The van der Waals surface area contributed by atoms with Crippen LogP contribution in [0.15, 0.2) is 59.3 Å². The number of ether oxygens (including phenoxy) is 8. The molecule has 6 heterocycles. The van der Waals surface area contributed by atoms with E-state index in [-0.39, 0.29) is 91.0 Å². The molecule has 6 aliphatic heterocycles. The first-order chi connectivity index (χ1) is 32.6. The Kier molecular flexibility index (Phi) is 16.6. The summed E-state index contributed by atoms with van der Waals surface area (Å²) in [5.41, 5.74) is -1.20. The number of carbonyl (C=O) groups is 3. The lowest BCUT2D eigenvalue weighted by Crippen LogP contribution is -2.75. The quantitative estimate of drug-likeness (QED) is 0.157. The van der Waals surface area contributed by atoms with Crippen molar-refractivity contribution in [1.82, 2.24) is 10.6 Å². The molecule has 386 valence electrons. The Labute approximate surface area is 410 Å². The number of amides is 2. The summed E-state index contributed by atoms with van der Waals surface area (Å²) in [5, 5.41) is 29.9. The summed E-state index contributed by atoms with van der Waals surface area (Å²) in [4.78, 5) is 41.1. The summed E-state index contributed by atoms with van der Waals surface area (Å²) in [6.07, 6.45) is 10.7. The number of nitrogens with one attached hydrogen (secondary N) is 2. The Morgan fingerprint density at radius 2 is 1.68 bits per heavy atom. The largest absolute Gasteiger partial charge is 0.462 e. The van der Waals surface area contributed by atoms with Crippen LogP contribution >= 0.6 is 0 Å². The van der Waals surface area contributed by atoms with Crippen LogP contribution in [-0.4, -0.2) is 139 Å². The molecular formula is C54H82N2O13. The van der Waals surface area contributed by atoms with Crippen molar-refractivity contribution in [2.45, 2.75) is 205 Å². The third-order valence-electron chi connectivity index (χ3n) is 16.6. The third kappa shape index (κ3) is 10.4. The number of rotatable bonds is 9. The highest BCUT2D eigenvalue weighted by Gasteiger charge is 2.61. The van der Waals surface area contributed by atoms with Crippen LogP contribution in [0.2, 0.25) is 0 Å². The molecule has 0 radical (unpaired) electrons. The molecule has 7 rings (SSSR count). The van der Waals surface area contributed by atoms with E-state index in [1.54, 1.807) is 34.1 Å². The molecule has 69 heavy (non-hydrogen) atoms. The smallest absolute Gasteiger partial charge is 0.316 e. The van der Waals surface area contributed by atoms with Crippen LogP contribution in [0.4, 0.5) is 0 Å². The molecule has 1 spiro atoms. The van der Waals surface area contributed by atoms with E-state index in [1.807, 2.05) is 39.0 Å². The minimum Gasteiger partial charge on any atom is -0.462 e. The van der Waals surface area contributed by atoms with Gasteiger partial charge in [0.25, 0.3) is 5.91 Å². The Morgan fingerprint density at radius 1 is 0.942 bits per heavy atom. The van der Waals surface area contributed by atoms with Crippen LogP contribution in [0, 0.1) is 35.5 Å². The van der Waals surface area contributed by atoms with E-state index < -0.39 is 65.4 Å². The first-order valence-electron chi connectivity index (χ1n) is 25.6. The fourth-order valence-electron chi connectivity index (χ4n) is 12.8. The number of aliphatic hydroxyl groups excluding tert-OH is 1. The number of hydrogen-bond acceptors (Lipinski definition) is 13. The highest BCUT2D eigenvalue weighted by molar-refractivity contribution is 5.92. The molecule has 1 aliphatic carbocycles. The number of fused-ring (bicyclic) bond motifs is 2. The van der Waals surface area contributed by atoms with Gasteiger partial charge in [0.05, 0.1) is 55.4 Å². The summed E-state index contributed by atoms with van der Waals surface area (Å²) in [7, 11) is 3.27. The van der Waals surface area contributed by atoms with E-state index in [0.717, 1.165) is 12.0 Å². The van der Waals surface area contributed by atoms with Gasteiger partial charge in [-0.15, -0.1) is 0 Å². The second-order valence-corrected chi connectivity index (χ2v) is 21.7. The van der Waals surface area contributed by atoms with Gasteiger partial charge in [-0.1, -0.05) is 76.1 Å². The Morgan fingerprint density at radius 3 is 2.35 bits per heavy atom. The van der Waals surface area contributed by atoms with Gasteiger partial charge in [0.15, 0.2) is 11.3 Å². The highest BCUT2D eigenvalue weighted by atomic mass is 16.7. The first-order valence-corrected chi connectivity index (χ1v) is 25.6. The average Bonchev–Trinajstić information content (AvgIpc) is 3.63. The summed E-state index contributed by atoms with van der Waals surface area (Å²) in [6.45, 7) is 21.5. The van der Waals surface area contributed by atoms with Crippen LogP contribution < -0.4 is 10.6 Å². The van der Waals surface area contributed by atoms with E-state index in [4.69, 9.17) is 37.9 Å². The number of carbonyl (C=O) groups excluding carboxylic acids is 3. The van der Waals surface area contributed by atoms with Crippen LogP contribution in [0.3, 0.4) is 0 Å². The summed E-state index contributed by atoms with van der Waals surface area (Å²) < 4.78 is 52.8. The topological polar surface area (TPSA) is 190 Å². The molecule has 3 unspecified atom stereocenters. The van der Waals surface area contributed by atoms with Crippen molar-refractivity contribution in [2.24, 2.45) is 35.5 Å². The second-order valence-electron chi connectivity index (χ2n) is 21.7. The van der Waals surface area contributed by atoms with Crippen molar-refractivity contribution in [3.05, 3.63) is 59.3 Å². The van der Waals surface area contributed by atoms with Crippen molar-refractivity contribution in [1.29, 1.82) is 0 Å². The summed E-state index contributed by atoms with van der Waals surface area (Å²) in [5.74, 6) is -3.63. The number of esters is 1. The normalized spacial score (nSPS) is 46.3. The minimum absolute atomic E-state index is 0.0285. The zero-order valence-corrected chi connectivity index (χ0v) is 43.3. The predicted octanol–water partition coefficient (Wildman–Crippen LogP) is 5.96. The monoisotopic (exact) mass is 967 g/mol. The fourth-order valence-corrected chi connectivity index (χ4v) is 12.8. The molecule has 4 saturated heterocycles. The van der Waals surface area contributed by atoms with Crippen molar-refractivity contribution < 1.29 is 62.5 Å². The molecule has 20 atom stereocenters. The van der Waals surface area contributed by atoms with Gasteiger partial charge in [-0.3, -0.25) is 14.4 Å². The van der Waals surface area contributed by atoms with Gasteiger partial charge in [0.2, 0.25) is 5.91 Å². The zero-order chi connectivity index (χ0) is 50.3. The summed E-state index contributed by atoms with van der Waals surface area (Å²) >= 11 is 0. The molecular weight excluding hydrogens is 885 g/mol. The molecule has 0 aromatic carbocycles. The standard InChI is InChI=1S/C54H82N2O13/c1-14-29(4)48-32(7)20-21-52(69-48)26-39-23-38(68-52)19-18-31(6)45(30(5)16-15-17-37-27-64-49-47(58)33(8)22-40(50(59)67-39)54(37,49)61)42-24-41(62-12)46(34(9)65-42)43-25-44(63-13)53(35(10)66-43,56-36(11)57)51(60)55-28(2)3/h15-18,20-22,28-30,32,34-35,38-49,58,61H,14,19,23-27H2,1-13H3,(H,55,60)(H,56,57)/b16-15+,31-18+,37-17+/t29?,30-,32-,34-,35-,38+,39-,40-,41-,42?,43?,44-,45-,46-,47+,48+,49+,52+,53-,54+/m0/s1. The average molecular weight is 967 g/mol. The van der Waals surface area contributed by atoms with Crippen molar-refractivity contribution in [2.75, 3.05) is 20.8 Å². The molecule has 4 fully saturated rings. The molecule has 2 amide bonds. The van der Waals surface area contributed by atoms with Gasteiger partial charge in [0, 0.05) is 70.6 Å². The fraction of sp³-hybridized carbons (Fsp3) is 0.759. The van der Waals surface area contributed by atoms with E-state index >= 15 is 0 Å². The second kappa shape index (κ2) is 21.5. The van der Waals surface area contributed by atoms with E-state index in [0.29, 0.717) is 36.8 Å². The number of methoxy groups -OCH3 is 2. The van der Waals surface area contributed by atoms with E-state index in [2.05, 4.69) is 63.5 Å². The van der Waals surface area contributed by atoms with Gasteiger partial charge in [-0.25, -0.2) is 0 Å². The minimum atomic E-state index is -1.85. The third-order valence-corrected chi connectivity index (χ3v) is 16.6. The molecule has 15 heteroatoms. The molecule has 0 saturated carbocycles. The molecule has 7 aliphatic rings. The molecule has 4 N–H and O–H groups in total. The molecule has 0 aromatic heterocycles. The van der Waals surface area contributed by atoms with Gasteiger partial charge >= 0.3 is 5.97 Å². The number of hydrogen-bond donors (Lipinski definition) is 4. The van der Waals surface area contributed by atoms with Crippen LogP contribution in [0.5, 0.6) is 0 Å². The van der Waals surface area contributed by atoms with Crippen LogP contribution in [0.1, 0.15) is 115 Å². The first kappa shape index (κ1) is 53.5.